The molecule has 3 N–H and O–H groups in total. The third-order valence-corrected chi connectivity index (χ3v) is 8.78. The van der Waals surface area contributed by atoms with E-state index in [1.165, 1.54) is 12.1 Å². The summed E-state index contributed by atoms with van der Waals surface area (Å²) >= 11 is 2.04. The van der Waals surface area contributed by atoms with Crippen molar-refractivity contribution < 1.29 is 24.1 Å². The number of para-hydroxylation sites is 1. The van der Waals surface area contributed by atoms with Gasteiger partial charge in [0.15, 0.2) is 0 Å². The minimum Gasteiger partial charge on any atom is -0.457 e. The Morgan fingerprint density at radius 1 is 1.19 bits per heavy atom. The van der Waals surface area contributed by atoms with E-state index in [0.717, 1.165) is 32.1 Å². The molecule has 1 amide bonds. The third kappa shape index (κ3) is 6.64. The number of nitrogens with one attached hydrogen (secondary N) is 1. The van der Waals surface area contributed by atoms with Gasteiger partial charge in [-0.2, -0.15) is 0 Å². The van der Waals surface area contributed by atoms with Crippen LogP contribution in [0.4, 0.5) is 4.39 Å². The van der Waals surface area contributed by atoms with Gasteiger partial charge in [-0.3, -0.25) is 8.32 Å². The first-order chi connectivity index (χ1) is 17.9. The summed E-state index contributed by atoms with van der Waals surface area (Å²) < 4.78 is 22.7. The minimum atomic E-state index is -1.17. The molecule has 37 heavy (non-hydrogen) atoms. The standard InChI is InChI=1S/C29H38FIN2O4/c1-2-3-6-15-29(36,24-9-4-5-10-27(24)37-23-13-11-22(30)12-14-23)21-8-7-16-33(19-21)28(35)20-17-25(32-31)26(34)18-20/h4-5,9-14,20-21,25-26,32,34,36H,2-3,6-8,15-19H2,1H3/t20-,21+,25+,26-,29-/m0/s1. The van der Waals surface area contributed by atoms with Crippen molar-refractivity contribution in [1.29, 1.82) is 0 Å². The molecule has 0 bridgehead atoms. The molecule has 1 aliphatic carbocycles. The van der Waals surface area contributed by atoms with Crippen molar-refractivity contribution in [2.24, 2.45) is 11.8 Å². The van der Waals surface area contributed by atoms with E-state index >= 15 is 0 Å². The molecule has 0 aromatic heterocycles. The second-order valence-electron chi connectivity index (χ2n) is 10.5. The van der Waals surface area contributed by atoms with Crippen LogP contribution < -0.4 is 8.27 Å². The first-order valence-corrected chi connectivity index (χ1v) is 14.5. The number of carbonyl (C=O) groups is 1. The number of unbranched alkanes of at least 4 members (excludes halogenated alkanes) is 2. The number of aliphatic hydroxyl groups is 2. The lowest BCUT2D eigenvalue weighted by Crippen LogP contribution is -2.49. The molecule has 5 atom stereocenters. The van der Waals surface area contributed by atoms with E-state index in [-0.39, 0.29) is 29.6 Å². The molecule has 8 heteroatoms. The normalized spacial score (nSPS) is 25.6. The zero-order valence-corrected chi connectivity index (χ0v) is 23.6. The largest absolute Gasteiger partial charge is 0.457 e. The fourth-order valence-electron chi connectivity index (χ4n) is 5.91. The van der Waals surface area contributed by atoms with E-state index in [4.69, 9.17) is 4.74 Å². The Hall–Kier alpha value is -1.75. The van der Waals surface area contributed by atoms with Gasteiger partial charge in [0.05, 0.1) is 11.7 Å². The quantitative estimate of drug-likeness (QED) is 0.180. The van der Waals surface area contributed by atoms with Crippen LogP contribution in [0.1, 0.15) is 63.9 Å². The highest BCUT2D eigenvalue weighted by molar-refractivity contribution is 14.1. The Morgan fingerprint density at radius 2 is 1.95 bits per heavy atom. The predicted molar refractivity (Wildman–Crippen MR) is 150 cm³/mol. The second kappa shape index (κ2) is 12.9. The van der Waals surface area contributed by atoms with Crippen molar-refractivity contribution >= 4 is 28.8 Å². The zero-order chi connectivity index (χ0) is 26.4. The number of hydrogen-bond acceptors (Lipinski definition) is 5. The summed E-state index contributed by atoms with van der Waals surface area (Å²) in [4.78, 5) is 15.4. The Bertz CT molecular complexity index is 1040. The van der Waals surface area contributed by atoms with Gasteiger partial charge in [0.2, 0.25) is 5.91 Å². The van der Waals surface area contributed by atoms with Gasteiger partial charge in [0.1, 0.15) is 17.3 Å². The van der Waals surface area contributed by atoms with E-state index < -0.39 is 11.7 Å². The number of aliphatic hydroxyl groups excluding tert-OH is 1. The molecule has 6 nitrogen and oxygen atoms in total. The second-order valence-corrected chi connectivity index (χ2v) is 11.1. The van der Waals surface area contributed by atoms with Gasteiger partial charge in [0.25, 0.3) is 0 Å². The molecule has 1 saturated heterocycles. The van der Waals surface area contributed by atoms with Gasteiger partial charge in [0, 0.05) is 59.4 Å². The number of ether oxygens (including phenoxy) is 1. The average molecular weight is 625 g/mol. The van der Waals surface area contributed by atoms with E-state index in [0.29, 0.717) is 49.4 Å². The van der Waals surface area contributed by atoms with Gasteiger partial charge in [-0.25, -0.2) is 4.39 Å². The van der Waals surface area contributed by atoms with Crippen LogP contribution in [0.25, 0.3) is 0 Å². The number of amides is 1. The molecule has 2 aromatic rings. The molecule has 4 rings (SSSR count). The summed E-state index contributed by atoms with van der Waals surface area (Å²) in [6, 6.07) is 13.3. The van der Waals surface area contributed by atoms with Crippen LogP contribution in [0, 0.1) is 17.7 Å². The van der Waals surface area contributed by atoms with Crippen LogP contribution in [-0.4, -0.2) is 46.3 Å². The number of likely N-dealkylation sites (tertiary alicyclic amines) is 1. The monoisotopic (exact) mass is 624 g/mol. The van der Waals surface area contributed by atoms with Gasteiger partial charge in [-0.05, 0) is 62.4 Å². The van der Waals surface area contributed by atoms with Crippen LogP contribution in [0.5, 0.6) is 11.5 Å². The van der Waals surface area contributed by atoms with Gasteiger partial charge in [-0.15, -0.1) is 0 Å². The Morgan fingerprint density at radius 3 is 2.65 bits per heavy atom. The zero-order valence-electron chi connectivity index (χ0n) is 21.4. The highest BCUT2D eigenvalue weighted by atomic mass is 127. The maximum absolute atomic E-state index is 13.5. The third-order valence-electron chi connectivity index (χ3n) is 7.98. The molecule has 2 fully saturated rings. The summed E-state index contributed by atoms with van der Waals surface area (Å²) in [5.41, 5.74) is -0.466. The van der Waals surface area contributed by atoms with Crippen LogP contribution in [0.3, 0.4) is 0 Å². The van der Waals surface area contributed by atoms with Crippen molar-refractivity contribution in [2.75, 3.05) is 13.1 Å². The highest BCUT2D eigenvalue weighted by Gasteiger charge is 2.45. The number of halogens is 2. The highest BCUT2D eigenvalue weighted by Crippen LogP contribution is 2.45. The molecule has 0 unspecified atom stereocenters. The number of rotatable bonds is 10. The Labute approximate surface area is 233 Å². The molecule has 2 aromatic carbocycles. The fraction of sp³-hybridized carbons (Fsp3) is 0.552. The molecule has 1 aliphatic heterocycles. The lowest BCUT2D eigenvalue weighted by Gasteiger charge is -2.44. The SMILES string of the molecule is CCCCC[C@@](O)(c1ccccc1Oc1ccc(F)cc1)[C@@H]1CCCN(C(=O)[C@@H]2C[C@H](O)[C@H](NI)C2)C1. The van der Waals surface area contributed by atoms with Crippen molar-refractivity contribution in [2.45, 2.75) is 76.0 Å². The van der Waals surface area contributed by atoms with Gasteiger partial charge >= 0.3 is 0 Å². The molecular formula is C29H38FIN2O4. The molecule has 2 aliphatic rings. The van der Waals surface area contributed by atoms with Crippen LogP contribution in [0.15, 0.2) is 48.5 Å². The molecule has 1 heterocycles. The summed E-state index contributed by atoms with van der Waals surface area (Å²) in [5, 5.41) is 22.7. The topological polar surface area (TPSA) is 82.0 Å². The molecule has 202 valence electrons. The van der Waals surface area contributed by atoms with Crippen LogP contribution in [-0.2, 0) is 10.4 Å². The Kier molecular flexibility index (Phi) is 9.83. The van der Waals surface area contributed by atoms with Crippen molar-refractivity contribution in [1.82, 2.24) is 8.43 Å². The summed E-state index contributed by atoms with van der Waals surface area (Å²) in [7, 11) is 0. The van der Waals surface area contributed by atoms with E-state index in [1.54, 1.807) is 12.1 Å². The average Bonchev–Trinajstić information content (AvgIpc) is 3.30. The predicted octanol–water partition coefficient (Wildman–Crippen LogP) is 5.70. The van der Waals surface area contributed by atoms with Crippen molar-refractivity contribution in [3.63, 3.8) is 0 Å². The lowest BCUT2D eigenvalue weighted by molar-refractivity contribution is -0.141. The molecule has 0 radical (unpaired) electrons. The first kappa shape index (κ1) is 28.3. The lowest BCUT2D eigenvalue weighted by atomic mass is 9.73. The molecular weight excluding hydrogens is 586 g/mol. The number of piperidine rings is 1. The van der Waals surface area contributed by atoms with E-state index in [9.17, 15) is 19.4 Å². The number of benzene rings is 2. The van der Waals surface area contributed by atoms with Gasteiger partial charge in [-0.1, -0.05) is 44.4 Å². The van der Waals surface area contributed by atoms with E-state index in [1.807, 2.05) is 52.0 Å². The maximum Gasteiger partial charge on any atom is 0.225 e. The Balaban J connectivity index is 1.59. The van der Waals surface area contributed by atoms with Crippen LogP contribution >= 0.6 is 22.9 Å². The summed E-state index contributed by atoms with van der Waals surface area (Å²) in [6.07, 6.45) is 5.67. The van der Waals surface area contributed by atoms with E-state index in [2.05, 4.69) is 10.5 Å². The van der Waals surface area contributed by atoms with Crippen molar-refractivity contribution in [3.8, 4) is 11.5 Å². The summed E-state index contributed by atoms with van der Waals surface area (Å²) in [6.45, 7) is 3.28. The number of nitrogens with zero attached hydrogens (tertiary/aromatic N) is 1. The van der Waals surface area contributed by atoms with Gasteiger partial charge < -0.3 is 19.8 Å². The maximum atomic E-state index is 13.5. The van der Waals surface area contributed by atoms with Crippen molar-refractivity contribution in [3.05, 3.63) is 59.9 Å². The summed E-state index contributed by atoms with van der Waals surface area (Å²) in [5.74, 6) is 0.437. The molecule has 1 saturated carbocycles. The van der Waals surface area contributed by atoms with Crippen LogP contribution in [0.2, 0.25) is 0 Å². The fourth-order valence-corrected chi connectivity index (χ4v) is 6.58. The number of carbonyl (C=O) groups excluding carboxylic acids is 1. The molecule has 0 spiro atoms. The minimum absolute atomic E-state index is 0.0726. The first-order valence-electron chi connectivity index (χ1n) is 13.4. The smallest absolute Gasteiger partial charge is 0.225 e. The number of hydrogen-bond donors (Lipinski definition) is 3.